The van der Waals surface area contributed by atoms with Gasteiger partial charge in [0.15, 0.2) is 24.7 Å². The molecule has 0 radical (unpaired) electrons. The van der Waals surface area contributed by atoms with Crippen molar-refractivity contribution in [3.63, 3.8) is 0 Å². The normalized spacial score (nSPS) is 59.7. The summed E-state index contributed by atoms with van der Waals surface area (Å²) >= 11 is 0. The van der Waals surface area contributed by atoms with Crippen molar-refractivity contribution in [1.29, 1.82) is 0 Å². The van der Waals surface area contributed by atoms with Gasteiger partial charge in [0.25, 0.3) is 0 Å². The second-order valence-corrected chi connectivity index (χ2v) is 21.0. The van der Waals surface area contributed by atoms with Gasteiger partial charge in [0.05, 0.1) is 56.4 Å². The summed E-state index contributed by atoms with van der Waals surface area (Å²) < 4.78 is 50.0. The highest BCUT2D eigenvalue weighted by Crippen LogP contribution is 2.71. The van der Waals surface area contributed by atoms with Gasteiger partial charge >= 0.3 is 0 Å². The summed E-state index contributed by atoms with van der Waals surface area (Å²) in [6.45, 7) is 8.39. The molecule has 0 aromatic rings. The van der Waals surface area contributed by atoms with Crippen LogP contribution in [0.15, 0.2) is 11.6 Å². The number of allylic oxidation sites excluding steroid dienone is 1. The molecule has 64 heavy (non-hydrogen) atoms. The fourth-order valence-corrected chi connectivity index (χ4v) is 13.9. The lowest BCUT2D eigenvalue weighted by molar-refractivity contribution is -0.393. The molecule has 0 aromatic carbocycles. The summed E-state index contributed by atoms with van der Waals surface area (Å²) in [7, 11) is 0. The third-order valence-corrected chi connectivity index (χ3v) is 17.7. The first-order valence-corrected chi connectivity index (χ1v) is 23.2. The number of hydrogen-bond acceptors (Lipinski definition) is 20. The molecule has 20 nitrogen and oxygen atoms in total. The van der Waals surface area contributed by atoms with Gasteiger partial charge in [-0.15, -0.1) is 0 Å². The lowest BCUT2D eigenvalue weighted by Crippen LogP contribution is -2.67. The number of fused-ring (bicyclic) bond motifs is 7. The average Bonchev–Trinajstić information content (AvgIpc) is 3.72. The van der Waals surface area contributed by atoms with Gasteiger partial charge in [0.1, 0.15) is 67.1 Å². The lowest BCUT2D eigenvalue weighted by atomic mass is 9.45. The minimum atomic E-state index is -1.83. The quantitative estimate of drug-likeness (QED) is 0.112. The topological polar surface area (TPSA) is 317 Å². The molecule has 3 saturated carbocycles. The maximum absolute atomic E-state index is 12.5. The van der Waals surface area contributed by atoms with Crippen LogP contribution in [0, 0.1) is 46.3 Å². The van der Waals surface area contributed by atoms with E-state index in [-0.39, 0.29) is 54.6 Å². The van der Waals surface area contributed by atoms with Crippen LogP contribution in [0.4, 0.5) is 0 Å². The predicted molar refractivity (Wildman–Crippen MR) is 214 cm³/mol. The van der Waals surface area contributed by atoms with Crippen LogP contribution in [0.1, 0.15) is 66.7 Å². The van der Waals surface area contributed by atoms with Crippen molar-refractivity contribution in [1.82, 2.24) is 0 Å². The van der Waals surface area contributed by atoms with E-state index >= 15 is 0 Å². The number of rotatable bonds is 7. The van der Waals surface area contributed by atoms with E-state index in [1.165, 1.54) is 6.92 Å². The molecule has 5 saturated heterocycles. The largest absolute Gasteiger partial charge is 0.394 e. The molecule has 366 valence electrons. The Bertz CT molecular complexity index is 1710. The summed E-state index contributed by atoms with van der Waals surface area (Å²) in [5.41, 5.74) is -0.601. The van der Waals surface area contributed by atoms with Crippen molar-refractivity contribution in [2.24, 2.45) is 46.3 Å². The summed E-state index contributed by atoms with van der Waals surface area (Å²) in [6.07, 6.45) is -23.4. The zero-order valence-corrected chi connectivity index (χ0v) is 36.9. The molecule has 0 aromatic heterocycles. The van der Waals surface area contributed by atoms with Gasteiger partial charge in [0, 0.05) is 35.0 Å². The molecular weight excluding hydrogens is 848 g/mol. The molecule has 0 amide bonds. The molecule has 5 aliphatic heterocycles. The number of aliphatic hydroxyl groups is 12. The summed E-state index contributed by atoms with van der Waals surface area (Å²) in [5, 5.41) is 132. The SMILES string of the molecule is CC1COC2(OC3CC4C5CC=C6CC(O)CC(OC7OC(CO)C(O)C(OC8OCC(O)C(O)C8O)C7OC7OC(C)C(O)C(O)C7O)C6(C)C5CC(O)C4(C)C3C2C)C(O)C1O. The second kappa shape index (κ2) is 17.4. The van der Waals surface area contributed by atoms with Crippen LogP contribution >= 0.6 is 0 Å². The van der Waals surface area contributed by atoms with Crippen molar-refractivity contribution < 1.29 is 99.2 Å². The number of aliphatic hydroxyl groups excluding tert-OH is 12. The third-order valence-electron chi connectivity index (χ3n) is 17.7. The second-order valence-electron chi connectivity index (χ2n) is 21.0. The lowest BCUT2D eigenvalue weighted by Gasteiger charge is -2.62. The predicted octanol–water partition coefficient (Wildman–Crippen LogP) is -3.26. The minimum absolute atomic E-state index is 0.00188. The molecule has 9 aliphatic rings. The summed E-state index contributed by atoms with van der Waals surface area (Å²) in [6, 6.07) is 0. The monoisotopic (exact) mass is 918 g/mol. The Morgan fingerprint density at radius 2 is 1.41 bits per heavy atom. The highest BCUT2D eigenvalue weighted by Gasteiger charge is 2.74. The van der Waals surface area contributed by atoms with Gasteiger partial charge in [-0.3, -0.25) is 0 Å². The molecule has 12 N–H and O–H groups in total. The zero-order valence-electron chi connectivity index (χ0n) is 36.9. The van der Waals surface area contributed by atoms with E-state index in [2.05, 4.69) is 13.0 Å². The standard InChI is InChI=1S/C44H70O20/c1-15-13-58-44(38(56)29(15)49)16(2)28-24(64-44)10-21-20-7-6-18-8-19(46)9-27(42(18,4)22(20)11-26(48)43(21,28)5)61-41-37(63-40-35(55)33(53)30(50)17(3)59-40)36(32(52)25(12-45)60-41)62-39-34(54)31(51)23(47)14-57-39/h6,15-17,19-41,45-56H,7-14H2,1-5H3. The molecule has 29 atom stereocenters. The maximum Gasteiger partial charge on any atom is 0.200 e. The van der Waals surface area contributed by atoms with Crippen LogP contribution in [0.2, 0.25) is 0 Å². The molecule has 29 unspecified atom stereocenters. The van der Waals surface area contributed by atoms with Crippen molar-refractivity contribution in [2.75, 3.05) is 19.8 Å². The smallest absolute Gasteiger partial charge is 0.200 e. The molecular formula is C44H70O20. The highest BCUT2D eigenvalue weighted by molar-refractivity contribution is 5.30. The molecule has 5 heterocycles. The van der Waals surface area contributed by atoms with Crippen molar-refractivity contribution in [3.8, 4) is 0 Å². The first kappa shape index (κ1) is 48.0. The molecule has 8 fully saturated rings. The highest BCUT2D eigenvalue weighted by atomic mass is 16.8. The van der Waals surface area contributed by atoms with E-state index in [4.69, 9.17) is 37.9 Å². The van der Waals surface area contributed by atoms with E-state index in [1.54, 1.807) is 0 Å². The first-order valence-electron chi connectivity index (χ1n) is 23.2. The Kier molecular flexibility index (Phi) is 13.1. The number of ether oxygens (including phenoxy) is 8. The van der Waals surface area contributed by atoms with Gasteiger partial charge < -0.3 is 99.2 Å². The van der Waals surface area contributed by atoms with Crippen LogP contribution in [0.3, 0.4) is 0 Å². The van der Waals surface area contributed by atoms with Crippen LogP contribution in [0.5, 0.6) is 0 Å². The fraction of sp³-hybridized carbons (Fsp3) is 0.955. The molecule has 0 bridgehead atoms. The van der Waals surface area contributed by atoms with E-state index in [1.807, 2.05) is 20.8 Å². The van der Waals surface area contributed by atoms with Crippen LogP contribution in [-0.2, 0) is 37.9 Å². The first-order chi connectivity index (χ1) is 30.2. The summed E-state index contributed by atoms with van der Waals surface area (Å²) in [4.78, 5) is 0. The van der Waals surface area contributed by atoms with E-state index in [0.29, 0.717) is 25.7 Å². The zero-order chi connectivity index (χ0) is 46.1. The Hall–Kier alpha value is -1.06. The molecule has 4 aliphatic carbocycles. The van der Waals surface area contributed by atoms with Gasteiger partial charge in [-0.05, 0) is 50.4 Å². The van der Waals surface area contributed by atoms with Crippen LogP contribution in [-0.4, -0.2) is 210 Å². The molecule has 9 rings (SSSR count). The van der Waals surface area contributed by atoms with E-state index in [9.17, 15) is 61.3 Å². The Morgan fingerprint density at radius 1 is 0.703 bits per heavy atom. The Labute approximate surface area is 371 Å². The van der Waals surface area contributed by atoms with Crippen LogP contribution < -0.4 is 0 Å². The fourth-order valence-electron chi connectivity index (χ4n) is 13.9. The Morgan fingerprint density at radius 3 is 2.12 bits per heavy atom. The van der Waals surface area contributed by atoms with Gasteiger partial charge in [-0.25, -0.2) is 0 Å². The minimum Gasteiger partial charge on any atom is -0.394 e. The van der Waals surface area contributed by atoms with Gasteiger partial charge in [0.2, 0.25) is 0 Å². The van der Waals surface area contributed by atoms with Crippen LogP contribution in [0.25, 0.3) is 0 Å². The van der Waals surface area contributed by atoms with Crippen molar-refractivity contribution >= 4 is 0 Å². The van der Waals surface area contributed by atoms with E-state index < -0.39 is 146 Å². The van der Waals surface area contributed by atoms with Gasteiger partial charge in [-0.1, -0.05) is 39.3 Å². The third kappa shape index (κ3) is 7.24. The summed E-state index contributed by atoms with van der Waals surface area (Å²) in [5.74, 6) is -2.53. The van der Waals surface area contributed by atoms with Crippen molar-refractivity contribution in [3.05, 3.63) is 11.6 Å². The molecule has 1 spiro atoms. The van der Waals surface area contributed by atoms with Gasteiger partial charge in [-0.2, -0.15) is 0 Å². The number of hydrogen-bond donors (Lipinski definition) is 12. The average molecular weight is 919 g/mol. The van der Waals surface area contributed by atoms with E-state index in [0.717, 1.165) is 5.57 Å². The molecule has 20 heteroatoms. The maximum atomic E-state index is 12.5. The Balaban J connectivity index is 1.03. The van der Waals surface area contributed by atoms with Crippen molar-refractivity contribution in [2.45, 2.75) is 195 Å².